The summed E-state index contributed by atoms with van der Waals surface area (Å²) in [6.45, 7) is 0.886. The molecule has 3 amide bonds. The average molecular weight is 573 g/mol. The molecule has 41 heavy (non-hydrogen) atoms. The van der Waals surface area contributed by atoms with Gasteiger partial charge in [0.1, 0.15) is 0 Å². The molecule has 3 aromatic rings. The van der Waals surface area contributed by atoms with Crippen LogP contribution in [0, 0.1) is 5.92 Å². The molecule has 3 aliphatic rings. The summed E-state index contributed by atoms with van der Waals surface area (Å²) in [5, 5.41) is 19.2. The summed E-state index contributed by atoms with van der Waals surface area (Å²) in [5.41, 5.74) is 4.86. The summed E-state index contributed by atoms with van der Waals surface area (Å²) in [6, 6.07) is 12.4. The third-order valence-electron chi connectivity index (χ3n) is 9.11. The Balaban J connectivity index is 1.14. The van der Waals surface area contributed by atoms with Crippen molar-refractivity contribution in [3.63, 3.8) is 0 Å². The Labute approximate surface area is 244 Å². The number of carbonyl (C=O) groups is 3. The minimum absolute atomic E-state index is 0.00222. The minimum Gasteiger partial charge on any atom is -0.465 e. The highest BCUT2D eigenvalue weighted by molar-refractivity contribution is 7.08. The van der Waals surface area contributed by atoms with Crippen molar-refractivity contribution >= 4 is 34.9 Å². The Bertz CT molecular complexity index is 1410. The number of likely N-dealkylation sites (tertiary alicyclic amines) is 1. The van der Waals surface area contributed by atoms with Crippen molar-refractivity contribution < 1.29 is 19.5 Å². The summed E-state index contributed by atoms with van der Waals surface area (Å²) >= 11 is 1.61. The van der Waals surface area contributed by atoms with Crippen LogP contribution < -0.4 is 10.6 Å². The van der Waals surface area contributed by atoms with Gasteiger partial charge in [0.2, 0.25) is 11.8 Å². The van der Waals surface area contributed by atoms with Crippen molar-refractivity contribution in [1.29, 1.82) is 0 Å². The number of nitrogens with one attached hydrogen (secondary N) is 2. The SMILES string of the molecule is O=C(O)NC1(c2ccc(-c3ncc(NC(=O)C[C@H]4CC[C@H](N5CCCC5=O)CC4)cc3-c3ccsc3)cc2)CCC1. The van der Waals surface area contributed by atoms with E-state index in [1.165, 1.54) is 0 Å². The molecular formula is C32H36N4O4S. The lowest BCUT2D eigenvalue weighted by atomic mass is 9.71. The fraction of sp³-hybridized carbons (Fsp3) is 0.438. The van der Waals surface area contributed by atoms with Gasteiger partial charge in [-0.1, -0.05) is 24.3 Å². The van der Waals surface area contributed by atoms with E-state index < -0.39 is 11.6 Å². The highest BCUT2D eigenvalue weighted by Crippen LogP contribution is 2.42. The third kappa shape index (κ3) is 5.86. The first-order chi connectivity index (χ1) is 19.9. The van der Waals surface area contributed by atoms with Crippen LogP contribution in [0.3, 0.4) is 0 Å². The molecule has 2 aliphatic carbocycles. The first-order valence-electron chi connectivity index (χ1n) is 14.6. The Hall–Kier alpha value is -3.72. The maximum Gasteiger partial charge on any atom is 0.405 e. The van der Waals surface area contributed by atoms with Crippen molar-refractivity contribution in [3.8, 4) is 22.4 Å². The van der Waals surface area contributed by atoms with Crippen LogP contribution >= 0.6 is 11.3 Å². The molecule has 6 rings (SSSR count). The normalized spacial score (nSPS) is 21.8. The number of anilines is 1. The Morgan fingerprint density at radius 1 is 1.05 bits per heavy atom. The van der Waals surface area contributed by atoms with E-state index in [1.807, 2.05) is 35.7 Å². The molecule has 0 radical (unpaired) electrons. The lowest BCUT2D eigenvalue weighted by Crippen LogP contribution is -2.50. The van der Waals surface area contributed by atoms with Gasteiger partial charge < -0.3 is 20.6 Å². The fourth-order valence-corrected chi connectivity index (χ4v) is 7.41. The predicted molar refractivity (Wildman–Crippen MR) is 160 cm³/mol. The molecule has 8 nitrogen and oxygen atoms in total. The van der Waals surface area contributed by atoms with Crippen LogP contribution in [-0.4, -0.2) is 45.5 Å². The molecule has 0 spiro atoms. The molecule has 9 heteroatoms. The topological polar surface area (TPSA) is 112 Å². The number of hydrogen-bond donors (Lipinski definition) is 3. The lowest BCUT2D eigenvalue weighted by molar-refractivity contribution is -0.130. The van der Waals surface area contributed by atoms with Gasteiger partial charge in [-0.05, 0) is 91.3 Å². The van der Waals surface area contributed by atoms with Gasteiger partial charge in [0.15, 0.2) is 0 Å². The summed E-state index contributed by atoms with van der Waals surface area (Å²) in [7, 11) is 0. The summed E-state index contributed by atoms with van der Waals surface area (Å²) in [4.78, 5) is 43.3. The monoisotopic (exact) mass is 572 g/mol. The zero-order chi connectivity index (χ0) is 28.4. The van der Waals surface area contributed by atoms with E-state index in [-0.39, 0.29) is 11.8 Å². The summed E-state index contributed by atoms with van der Waals surface area (Å²) in [6.07, 6.45) is 9.33. The molecule has 3 fully saturated rings. The van der Waals surface area contributed by atoms with Crippen LogP contribution in [-0.2, 0) is 15.1 Å². The van der Waals surface area contributed by atoms with Gasteiger partial charge in [-0.15, -0.1) is 0 Å². The Kier molecular flexibility index (Phi) is 7.79. The number of carbonyl (C=O) groups excluding carboxylic acids is 2. The number of thiophene rings is 1. The van der Waals surface area contributed by atoms with Crippen LogP contribution in [0.25, 0.3) is 22.4 Å². The van der Waals surface area contributed by atoms with E-state index in [9.17, 15) is 19.5 Å². The predicted octanol–water partition coefficient (Wildman–Crippen LogP) is 6.63. The zero-order valence-electron chi connectivity index (χ0n) is 23.1. The number of nitrogens with zero attached hydrogens (tertiary/aromatic N) is 2. The summed E-state index contributed by atoms with van der Waals surface area (Å²) in [5.74, 6) is 0.621. The maximum atomic E-state index is 13.0. The van der Waals surface area contributed by atoms with Gasteiger partial charge in [0, 0.05) is 36.6 Å². The lowest BCUT2D eigenvalue weighted by Gasteiger charge is -2.42. The van der Waals surface area contributed by atoms with Crippen LogP contribution in [0.4, 0.5) is 10.5 Å². The molecule has 3 N–H and O–H groups in total. The highest BCUT2D eigenvalue weighted by atomic mass is 32.1. The highest BCUT2D eigenvalue weighted by Gasteiger charge is 2.40. The maximum absolute atomic E-state index is 13.0. The molecule has 0 bridgehead atoms. The number of carboxylic acid groups (broad SMARTS) is 1. The molecule has 2 saturated carbocycles. The average Bonchev–Trinajstić information content (AvgIpc) is 3.64. The molecule has 1 aliphatic heterocycles. The van der Waals surface area contributed by atoms with E-state index in [2.05, 4.69) is 27.0 Å². The van der Waals surface area contributed by atoms with Crippen LogP contribution in [0.15, 0.2) is 53.4 Å². The van der Waals surface area contributed by atoms with E-state index in [0.29, 0.717) is 30.5 Å². The van der Waals surface area contributed by atoms with Crippen LogP contribution in [0.2, 0.25) is 0 Å². The smallest absolute Gasteiger partial charge is 0.405 e. The minimum atomic E-state index is -1.00. The van der Waals surface area contributed by atoms with Gasteiger partial charge >= 0.3 is 6.09 Å². The second-order valence-electron chi connectivity index (χ2n) is 11.7. The molecule has 0 atom stereocenters. The van der Waals surface area contributed by atoms with E-state index in [4.69, 9.17) is 4.98 Å². The first-order valence-corrected chi connectivity index (χ1v) is 15.6. The number of benzene rings is 1. The Morgan fingerprint density at radius 2 is 1.83 bits per heavy atom. The van der Waals surface area contributed by atoms with Crippen LogP contribution in [0.1, 0.15) is 69.8 Å². The molecule has 0 unspecified atom stereocenters. The number of aromatic nitrogens is 1. The molecular weight excluding hydrogens is 536 g/mol. The summed E-state index contributed by atoms with van der Waals surface area (Å²) < 4.78 is 0. The number of hydrogen-bond acceptors (Lipinski definition) is 5. The number of pyridine rings is 1. The molecule has 1 saturated heterocycles. The molecule has 1 aromatic carbocycles. The quantitative estimate of drug-likeness (QED) is 0.280. The van der Waals surface area contributed by atoms with E-state index in [1.54, 1.807) is 17.5 Å². The second kappa shape index (κ2) is 11.6. The van der Waals surface area contributed by atoms with Crippen molar-refractivity contribution in [2.75, 3.05) is 11.9 Å². The number of rotatable bonds is 8. The first kappa shape index (κ1) is 27.4. The zero-order valence-corrected chi connectivity index (χ0v) is 23.9. The van der Waals surface area contributed by atoms with Crippen molar-refractivity contribution in [2.24, 2.45) is 5.92 Å². The van der Waals surface area contributed by atoms with Gasteiger partial charge in [0.25, 0.3) is 0 Å². The fourth-order valence-electron chi connectivity index (χ4n) is 6.76. The molecule has 3 heterocycles. The van der Waals surface area contributed by atoms with Gasteiger partial charge in [0.05, 0.1) is 23.1 Å². The molecule has 214 valence electrons. The standard InChI is InChI=1S/C32H36N4O4S/c37-28(17-21-4-10-26(11-5-21)36-15-1-3-29(36)38)34-25-18-27(23-12-16-41-20-23)30(33-19-25)22-6-8-24(9-7-22)32(13-2-14-32)35-31(39)40/h6-9,12,16,18-21,26,35H,1-5,10-11,13-15,17H2,(H,34,37)(H,39,40)/t21-,26-. The van der Waals surface area contributed by atoms with Gasteiger partial charge in [-0.25, -0.2) is 4.79 Å². The van der Waals surface area contributed by atoms with Crippen molar-refractivity contribution in [3.05, 3.63) is 58.9 Å². The van der Waals surface area contributed by atoms with E-state index >= 15 is 0 Å². The number of amides is 3. The van der Waals surface area contributed by atoms with E-state index in [0.717, 1.165) is 85.9 Å². The second-order valence-corrected chi connectivity index (χ2v) is 12.5. The van der Waals surface area contributed by atoms with Crippen LogP contribution in [0.5, 0.6) is 0 Å². The molecule has 2 aromatic heterocycles. The van der Waals surface area contributed by atoms with Crippen molar-refractivity contribution in [2.45, 2.75) is 75.8 Å². The largest absolute Gasteiger partial charge is 0.465 e. The third-order valence-corrected chi connectivity index (χ3v) is 9.79. The van der Waals surface area contributed by atoms with Gasteiger partial charge in [-0.2, -0.15) is 11.3 Å². The van der Waals surface area contributed by atoms with Crippen molar-refractivity contribution in [1.82, 2.24) is 15.2 Å². The Morgan fingerprint density at radius 3 is 2.44 bits per heavy atom. The van der Waals surface area contributed by atoms with Gasteiger partial charge in [-0.3, -0.25) is 14.6 Å².